The third kappa shape index (κ3) is 5.29. The van der Waals surface area contributed by atoms with Gasteiger partial charge in [0.05, 0.1) is 5.60 Å². The van der Waals surface area contributed by atoms with Crippen LogP contribution in [0.5, 0.6) is 0 Å². The van der Waals surface area contributed by atoms with Crippen LogP contribution in [0.3, 0.4) is 0 Å². The van der Waals surface area contributed by atoms with Crippen LogP contribution in [0.4, 0.5) is 0 Å². The molecule has 1 aliphatic carbocycles. The number of carbonyl (C=O) groups excluding carboxylic acids is 1. The van der Waals surface area contributed by atoms with Crippen molar-refractivity contribution in [2.45, 2.75) is 58.0 Å². The molecule has 25 heavy (non-hydrogen) atoms. The van der Waals surface area contributed by atoms with Crippen molar-refractivity contribution in [3.8, 4) is 0 Å². The van der Waals surface area contributed by atoms with Crippen molar-refractivity contribution in [3.63, 3.8) is 0 Å². The van der Waals surface area contributed by atoms with Crippen LogP contribution >= 0.6 is 0 Å². The summed E-state index contributed by atoms with van der Waals surface area (Å²) in [5.74, 6) is -0.288. The van der Waals surface area contributed by atoms with Gasteiger partial charge in [-0.15, -0.1) is 0 Å². The monoisotopic (exact) mass is 347 g/mol. The van der Waals surface area contributed by atoms with E-state index in [1.54, 1.807) is 0 Å². The van der Waals surface area contributed by atoms with Crippen molar-refractivity contribution in [1.82, 2.24) is 4.90 Å². The van der Waals surface area contributed by atoms with Gasteiger partial charge >= 0.3 is 5.97 Å². The van der Waals surface area contributed by atoms with Gasteiger partial charge in [-0.25, -0.2) is 0 Å². The van der Waals surface area contributed by atoms with Crippen LogP contribution in [0.15, 0.2) is 30.3 Å². The summed E-state index contributed by atoms with van der Waals surface area (Å²) in [6.45, 7) is 9.40. The molecule has 1 unspecified atom stereocenters. The highest BCUT2D eigenvalue weighted by Crippen LogP contribution is 2.42. The van der Waals surface area contributed by atoms with E-state index < -0.39 is 11.5 Å². The smallest absolute Gasteiger partial charge is 0.316 e. The Bertz CT molecular complexity index is 519. The second kappa shape index (κ2) is 9.35. The minimum absolute atomic E-state index is 0.296. The number of aliphatic hydroxyl groups is 1. The minimum atomic E-state index is -1.000. The lowest BCUT2D eigenvalue weighted by atomic mass is 9.70. The fourth-order valence-corrected chi connectivity index (χ4v) is 3.76. The van der Waals surface area contributed by atoms with Gasteiger partial charge in [0.2, 0.25) is 0 Å². The summed E-state index contributed by atoms with van der Waals surface area (Å²) in [4.78, 5) is 15.1. The summed E-state index contributed by atoms with van der Waals surface area (Å²) in [6.07, 6.45) is 3.21. The van der Waals surface area contributed by atoms with E-state index in [4.69, 9.17) is 4.74 Å². The van der Waals surface area contributed by atoms with Crippen LogP contribution in [-0.4, -0.2) is 47.8 Å². The number of likely N-dealkylation sites (N-methyl/N-ethyl adjacent to an activating group) is 1. The quantitative estimate of drug-likeness (QED) is 0.730. The Kier molecular flexibility index (Phi) is 7.45. The van der Waals surface area contributed by atoms with Gasteiger partial charge in [-0.05, 0) is 50.3 Å². The number of ether oxygens (including phenoxy) is 1. The minimum Gasteiger partial charge on any atom is -0.464 e. The Morgan fingerprint density at radius 3 is 2.40 bits per heavy atom. The number of benzene rings is 1. The Balaban J connectivity index is 2.11. The van der Waals surface area contributed by atoms with Crippen molar-refractivity contribution in [2.24, 2.45) is 5.92 Å². The van der Waals surface area contributed by atoms with Gasteiger partial charge in [0.15, 0.2) is 0 Å². The first-order chi connectivity index (χ1) is 12.0. The molecule has 1 aromatic carbocycles. The number of nitrogens with zero attached hydrogens (tertiary/aromatic N) is 1. The highest BCUT2D eigenvalue weighted by atomic mass is 16.5. The largest absolute Gasteiger partial charge is 0.464 e. The molecule has 0 bridgehead atoms. The normalized spacial score (nSPS) is 24.9. The molecule has 1 N–H and O–H groups in total. The van der Waals surface area contributed by atoms with E-state index in [-0.39, 0.29) is 5.97 Å². The van der Waals surface area contributed by atoms with Crippen LogP contribution in [-0.2, 0) is 9.53 Å². The molecule has 1 saturated carbocycles. The number of esters is 1. The van der Waals surface area contributed by atoms with Gasteiger partial charge in [-0.2, -0.15) is 0 Å². The lowest BCUT2D eigenvalue weighted by Crippen LogP contribution is -2.44. The van der Waals surface area contributed by atoms with Gasteiger partial charge in [-0.1, -0.05) is 51.1 Å². The van der Waals surface area contributed by atoms with Crippen molar-refractivity contribution < 1.29 is 14.6 Å². The summed E-state index contributed by atoms with van der Waals surface area (Å²) >= 11 is 0. The summed E-state index contributed by atoms with van der Waals surface area (Å²) in [5, 5.41) is 11.3. The molecule has 0 heterocycles. The number of hydrogen-bond donors (Lipinski definition) is 1. The van der Waals surface area contributed by atoms with Gasteiger partial charge in [0, 0.05) is 6.54 Å². The molecule has 0 aliphatic heterocycles. The van der Waals surface area contributed by atoms with Gasteiger partial charge < -0.3 is 14.7 Å². The van der Waals surface area contributed by atoms with Crippen LogP contribution in [0.2, 0.25) is 0 Å². The predicted octanol–water partition coefficient (Wildman–Crippen LogP) is 3.60. The lowest BCUT2D eigenvalue weighted by Gasteiger charge is -2.40. The van der Waals surface area contributed by atoms with E-state index in [0.29, 0.717) is 25.4 Å². The van der Waals surface area contributed by atoms with Crippen LogP contribution in [0.25, 0.3) is 0 Å². The maximum atomic E-state index is 12.9. The highest BCUT2D eigenvalue weighted by Gasteiger charge is 2.45. The first kappa shape index (κ1) is 19.9. The maximum absolute atomic E-state index is 12.9. The maximum Gasteiger partial charge on any atom is 0.316 e. The zero-order valence-corrected chi connectivity index (χ0v) is 15.9. The van der Waals surface area contributed by atoms with Crippen LogP contribution in [0, 0.1) is 5.92 Å². The van der Waals surface area contributed by atoms with E-state index in [0.717, 1.165) is 38.0 Å². The van der Waals surface area contributed by atoms with E-state index in [1.807, 2.05) is 30.3 Å². The Morgan fingerprint density at radius 1 is 1.24 bits per heavy atom. The summed E-state index contributed by atoms with van der Waals surface area (Å²) in [7, 11) is 0. The van der Waals surface area contributed by atoms with Crippen molar-refractivity contribution in [3.05, 3.63) is 35.9 Å². The predicted molar refractivity (Wildman–Crippen MR) is 101 cm³/mol. The molecular formula is C21H33NO3. The number of rotatable bonds is 8. The van der Waals surface area contributed by atoms with Crippen molar-refractivity contribution in [1.29, 1.82) is 0 Å². The second-order valence-electron chi connectivity index (χ2n) is 7.32. The molecule has 4 heteroatoms. The molecular weight excluding hydrogens is 314 g/mol. The third-order valence-electron chi connectivity index (χ3n) is 5.59. The Hall–Kier alpha value is -1.39. The SMILES string of the molecule is CCN(CC)CCOC(=O)C(c1ccccc1)C1(O)CCC(C)CC1. The Labute approximate surface area is 152 Å². The molecule has 0 radical (unpaired) electrons. The summed E-state index contributed by atoms with van der Waals surface area (Å²) < 4.78 is 5.60. The average molecular weight is 347 g/mol. The first-order valence-electron chi connectivity index (χ1n) is 9.66. The van der Waals surface area contributed by atoms with E-state index in [1.165, 1.54) is 0 Å². The second-order valence-corrected chi connectivity index (χ2v) is 7.32. The zero-order valence-electron chi connectivity index (χ0n) is 15.9. The summed E-state index contributed by atoms with van der Waals surface area (Å²) in [5.41, 5.74) is -0.146. The Morgan fingerprint density at radius 2 is 1.84 bits per heavy atom. The molecule has 140 valence electrons. The number of carbonyl (C=O) groups is 1. The van der Waals surface area contributed by atoms with Gasteiger partial charge in [0.25, 0.3) is 0 Å². The van der Waals surface area contributed by atoms with Crippen LogP contribution in [0.1, 0.15) is 57.9 Å². The standard InChI is InChI=1S/C21H33NO3/c1-4-22(5-2)15-16-25-20(23)19(18-9-7-6-8-10-18)21(24)13-11-17(3)12-14-21/h6-10,17,19,24H,4-5,11-16H2,1-3H3. The average Bonchev–Trinajstić information content (AvgIpc) is 2.62. The van der Waals surface area contributed by atoms with E-state index >= 15 is 0 Å². The molecule has 0 amide bonds. The molecule has 2 rings (SSSR count). The molecule has 1 fully saturated rings. The molecule has 1 aromatic rings. The molecule has 1 aliphatic rings. The third-order valence-corrected chi connectivity index (χ3v) is 5.59. The fourth-order valence-electron chi connectivity index (χ4n) is 3.76. The van der Waals surface area contributed by atoms with Gasteiger partial charge in [0.1, 0.15) is 12.5 Å². The molecule has 0 saturated heterocycles. The van der Waals surface area contributed by atoms with Crippen LogP contribution < -0.4 is 0 Å². The van der Waals surface area contributed by atoms with Gasteiger partial charge in [-0.3, -0.25) is 4.79 Å². The molecule has 4 nitrogen and oxygen atoms in total. The highest BCUT2D eigenvalue weighted by molar-refractivity contribution is 5.80. The zero-order chi connectivity index (χ0) is 18.3. The lowest BCUT2D eigenvalue weighted by molar-refractivity contribution is -0.155. The summed E-state index contributed by atoms with van der Waals surface area (Å²) in [6, 6.07) is 9.61. The topological polar surface area (TPSA) is 49.8 Å². The first-order valence-corrected chi connectivity index (χ1v) is 9.66. The van der Waals surface area contributed by atoms with E-state index in [2.05, 4.69) is 25.7 Å². The molecule has 0 spiro atoms. The molecule has 0 aromatic heterocycles. The number of hydrogen-bond acceptors (Lipinski definition) is 4. The molecule has 1 atom stereocenters. The van der Waals surface area contributed by atoms with Crippen molar-refractivity contribution >= 4 is 5.97 Å². The fraction of sp³-hybridized carbons (Fsp3) is 0.667. The van der Waals surface area contributed by atoms with Crippen molar-refractivity contribution in [2.75, 3.05) is 26.2 Å². The van der Waals surface area contributed by atoms with E-state index in [9.17, 15) is 9.90 Å².